The molecule has 0 radical (unpaired) electrons. The molecule has 2 rings (SSSR count). The minimum Gasteiger partial charge on any atom is -0.490 e. The second kappa shape index (κ2) is 10.6. The molecule has 1 heterocycles. The summed E-state index contributed by atoms with van der Waals surface area (Å²) in [7, 11) is 0. The van der Waals surface area contributed by atoms with Crippen molar-refractivity contribution in [2.75, 3.05) is 39.4 Å². The van der Waals surface area contributed by atoms with E-state index in [4.69, 9.17) is 21.1 Å². The van der Waals surface area contributed by atoms with E-state index >= 15 is 0 Å². The zero-order valence-electron chi connectivity index (χ0n) is 16.1. The molecule has 0 aromatic heterocycles. The van der Waals surface area contributed by atoms with Gasteiger partial charge in [0.15, 0.2) is 11.5 Å². The van der Waals surface area contributed by atoms with E-state index in [0.29, 0.717) is 47.8 Å². The van der Waals surface area contributed by atoms with Gasteiger partial charge in [-0.15, -0.1) is 0 Å². The van der Waals surface area contributed by atoms with Gasteiger partial charge < -0.3 is 19.7 Å². The molecule has 0 spiro atoms. The van der Waals surface area contributed by atoms with Crippen LogP contribution in [0.15, 0.2) is 12.1 Å². The molecule has 0 bridgehead atoms. The molecule has 146 valence electrons. The van der Waals surface area contributed by atoms with Gasteiger partial charge in [0.1, 0.15) is 0 Å². The predicted octanol–water partition coefficient (Wildman–Crippen LogP) is 3.99. The molecule has 1 atom stereocenters. The first-order valence-electron chi connectivity index (χ1n) is 9.64. The topological polar surface area (TPSA) is 50.8 Å². The maximum Gasteiger partial charge on any atom is 0.251 e. The van der Waals surface area contributed by atoms with Crippen molar-refractivity contribution in [3.8, 4) is 11.5 Å². The molecule has 1 aliphatic heterocycles. The molecule has 1 saturated heterocycles. The third-order valence-corrected chi connectivity index (χ3v) is 4.68. The summed E-state index contributed by atoms with van der Waals surface area (Å²) in [6.45, 7) is 11.1. The maximum atomic E-state index is 12.5. The minimum absolute atomic E-state index is 0.136. The number of likely N-dealkylation sites (tertiary alicyclic amines) is 1. The van der Waals surface area contributed by atoms with Crippen LogP contribution in [0.4, 0.5) is 0 Å². The summed E-state index contributed by atoms with van der Waals surface area (Å²) in [4.78, 5) is 15.0. The lowest BCUT2D eigenvalue weighted by atomic mass is 10.1. The van der Waals surface area contributed by atoms with Gasteiger partial charge in [-0.3, -0.25) is 4.79 Å². The Balaban J connectivity index is 1.98. The monoisotopic (exact) mass is 382 g/mol. The molecule has 5 nitrogen and oxygen atoms in total. The normalized spacial score (nSPS) is 15.7. The predicted molar refractivity (Wildman–Crippen MR) is 106 cm³/mol. The Labute approximate surface area is 162 Å². The van der Waals surface area contributed by atoms with Gasteiger partial charge in [-0.05, 0) is 57.3 Å². The van der Waals surface area contributed by atoms with Gasteiger partial charge >= 0.3 is 0 Å². The lowest BCUT2D eigenvalue weighted by molar-refractivity contribution is 0.0944. The molecular formula is C20H31ClN2O3. The van der Waals surface area contributed by atoms with Crippen LogP contribution < -0.4 is 14.8 Å². The molecule has 1 amide bonds. The Morgan fingerprint density at radius 3 is 2.65 bits per heavy atom. The van der Waals surface area contributed by atoms with Crippen LogP contribution in [0.3, 0.4) is 0 Å². The molecule has 1 aliphatic rings. The molecule has 1 aromatic carbocycles. The highest BCUT2D eigenvalue weighted by Crippen LogP contribution is 2.36. The number of amides is 1. The van der Waals surface area contributed by atoms with Gasteiger partial charge in [0.2, 0.25) is 0 Å². The van der Waals surface area contributed by atoms with E-state index in [2.05, 4.69) is 17.1 Å². The summed E-state index contributed by atoms with van der Waals surface area (Å²) < 4.78 is 11.3. The van der Waals surface area contributed by atoms with Crippen molar-refractivity contribution >= 4 is 17.5 Å². The minimum atomic E-state index is -0.136. The number of ether oxygens (including phenoxy) is 2. The summed E-state index contributed by atoms with van der Waals surface area (Å²) in [6.07, 6.45) is 3.44. The average molecular weight is 383 g/mol. The van der Waals surface area contributed by atoms with Crippen LogP contribution in [0.25, 0.3) is 0 Å². The zero-order chi connectivity index (χ0) is 18.9. The molecule has 1 unspecified atom stereocenters. The van der Waals surface area contributed by atoms with Gasteiger partial charge in [0, 0.05) is 18.7 Å². The summed E-state index contributed by atoms with van der Waals surface area (Å²) in [5.74, 6) is 1.30. The van der Waals surface area contributed by atoms with Crippen molar-refractivity contribution in [1.29, 1.82) is 0 Å². The number of hydrogen-bond donors (Lipinski definition) is 1. The number of hydrogen-bond acceptors (Lipinski definition) is 4. The third-order valence-electron chi connectivity index (χ3n) is 4.40. The fourth-order valence-electron chi connectivity index (χ4n) is 3.15. The highest BCUT2D eigenvalue weighted by Gasteiger charge is 2.18. The number of rotatable bonds is 10. The summed E-state index contributed by atoms with van der Waals surface area (Å²) in [6, 6.07) is 3.36. The van der Waals surface area contributed by atoms with Gasteiger partial charge in [-0.1, -0.05) is 25.4 Å². The molecule has 6 heteroatoms. The highest BCUT2D eigenvalue weighted by molar-refractivity contribution is 6.32. The van der Waals surface area contributed by atoms with Crippen molar-refractivity contribution in [2.24, 2.45) is 5.92 Å². The van der Waals surface area contributed by atoms with Crippen LogP contribution in [0.2, 0.25) is 5.02 Å². The Kier molecular flexibility index (Phi) is 8.52. The van der Waals surface area contributed by atoms with E-state index in [1.54, 1.807) is 12.1 Å². The second-order valence-electron chi connectivity index (χ2n) is 6.89. The van der Waals surface area contributed by atoms with Gasteiger partial charge in [0.25, 0.3) is 5.91 Å². The molecule has 0 saturated carbocycles. The SMILES string of the molecule is CCCOc1c(Cl)cc(C(=O)NCC(C)CN2CCCC2)cc1OCC. The van der Waals surface area contributed by atoms with Crippen molar-refractivity contribution in [2.45, 2.75) is 40.0 Å². The van der Waals surface area contributed by atoms with Crippen molar-refractivity contribution in [3.05, 3.63) is 22.7 Å². The fraction of sp³-hybridized carbons (Fsp3) is 0.650. The molecule has 26 heavy (non-hydrogen) atoms. The first-order chi connectivity index (χ1) is 12.5. The molecular weight excluding hydrogens is 352 g/mol. The molecule has 1 N–H and O–H groups in total. The molecule has 0 aliphatic carbocycles. The summed E-state index contributed by atoms with van der Waals surface area (Å²) >= 11 is 6.33. The quantitative estimate of drug-likeness (QED) is 0.664. The summed E-state index contributed by atoms with van der Waals surface area (Å²) in [5, 5.41) is 3.41. The Bertz CT molecular complexity index is 589. The largest absolute Gasteiger partial charge is 0.490 e. The zero-order valence-corrected chi connectivity index (χ0v) is 16.9. The maximum absolute atomic E-state index is 12.5. The first kappa shape index (κ1) is 20.8. The Hall–Kier alpha value is -1.46. The highest BCUT2D eigenvalue weighted by atomic mass is 35.5. The van der Waals surface area contributed by atoms with Gasteiger partial charge in [-0.25, -0.2) is 0 Å². The van der Waals surface area contributed by atoms with E-state index in [1.165, 1.54) is 25.9 Å². The first-order valence-corrected chi connectivity index (χ1v) is 10.0. The number of benzene rings is 1. The number of carbonyl (C=O) groups is 1. The van der Waals surface area contributed by atoms with Gasteiger partial charge in [-0.2, -0.15) is 0 Å². The van der Waals surface area contributed by atoms with Crippen molar-refractivity contribution < 1.29 is 14.3 Å². The Morgan fingerprint density at radius 2 is 2.00 bits per heavy atom. The number of carbonyl (C=O) groups excluding carboxylic acids is 1. The number of nitrogens with zero attached hydrogens (tertiary/aromatic N) is 1. The standard InChI is InChI=1S/C20H31ClN2O3/c1-4-10-26-19-17(21)11-16(12-18(19)25-5-2)20(24)22-13-15(3)14-23-8-6-7-9-23/h11-12,15H,4-10,13-14H2,1-3H3,(H,22,24). The number of nitrogens with one attached hydrogen (secondary N) is 1. The number of halogens is 1. The van der Waals surface area contributed by atoms with Crippen LogP contribution in [0.5, 0.6) is 11.5 Å². The third kappa shape index (κ3) is 6.06. The molecule has 1 fully saturated rings. The van der Waals surface area contributed by atoms with E-state index in [1.807, 2.05) is 13.8 Å². The fourth-order valence-corrected chi connectivity index (χ4v) is 3.41. The van der Waals surface area contributed by atoms with E-state index in [-0.39, 0.29) is 5.91 Å². The van der Waals surface area contributed by atoms with Gasteiger partial charge in [0.05, 0.1) is 18.2 Å². The average Bonchev–Trinajstić information content (AvgIpc) is 3.12. The van der Waals surface area contributed by atoms with Crippen LogP contribution in [0.1, 0.15) is 50.4 Å². The Morgan fingerprint density at radius 1 is 1.27 bits per heavy atom. The smallest absolute Gasteiger partial charge is 0.251 e. The van der Waals surface area contributed by atoms with E-state index in [9.17, 15) is 4.79 Å². The lowest BCUT2D eigenvalue weighted by Gasteiger charge is -2.20. The summed E-state index contributed by atoms with van der Waals surface area (Å²) in [5.41, 5.74) is 0.496. The van der Waals surface area contributed by atoms with E-state index in [0.717, 1.165) is 13.0 Å². The van der Waals surface area contributed by atoms with Crippen molar-refractivity contribution in [1.82, 2.24) is 10.2 Å². The van der Waals surface area contributed by atoms with Crippen molar-refractivity contribution in [3.63, 3.8) is 0 Å². The van der Waals surface area contributed by atoms with Crippen LogP contribution >= 0.6 is 11.6 Å². The second-order valence-corrected chi connectivity index (χ2v) is 7.30. The van der Waals surface area contributed by atoms with Crippen LogP contribution in [0, 0.1) is 5.92 Å². The van der Waals surface area contributed by atoms with Crippen LogP contribution in [-0.4, -0.2) is 50.2 Å². The van der Waals surface area contributed by atoms with E-state index < -0.39 is 0 Å². The molecule has 1 aromatic rings. The van der Waals surface area contributed by atoms with Crippen LogP contribution in [-0.2, 0) is 0 Å². The lowest BCUT2D eigenvalue weighted by Crippen LogP contribution is -2.34.